The van der Waals surface area contributed by atoms with Crippen LogP contribution in [0.15, 0.2) is 48.8 Å². The van der Waals surface area contributed by atoms with Gasteiger partial charge in [0.25, 0.3) is 5.91 Å². The van der Waals surface area contributed by atoms with Crippen molar-refractivity contribution in [2.45, 2.75) is 33.4 Å². The lowest BCUT2D eigenvalue weighted by Gasteiger charge is -2.17. The van der Waals surface area contributed by atoms with Crippen LogP contribution in [0.4, 0.5) is 0 Å². The Balaban J connectivity index is 1.82. The molecule has 1 amide bonds. The zero-order valence-electron chi connectivity index (χ0n) is 14.2. The quantitative estimate of drug-likeness (QED) is 0.784. The lowest BCUT2D eigenvalue weighted by Crippen LogP contribution is -2.36. The molecule has 2 heterocycles. The van der Waals surface area contributed by atoms with Crippen LogP contribution in [-0.2, 0) is 6.54 Å². The van der Waals surface area contributed by atoms with Crippen molar-refractivity contribution in [3.05, 3.63) is 59.9 Å². The fraction of sp³-hybridized carbons (Fsp3) is 0.316. The molecule has 2 aromatic heterocycles. The summed E-state index contributed by atoms with van der Waals surface area (Å²) in [6, 6.07) is 12.1. The van der Waals surface area contributed by atoms with E-state index in [0.717, 1.165) is 16.6 Å². The third-order valence-corrected chi connectivity index (χ3v) is 4.27. The molecule has 0 aliphatic carbocycles. The molecule has 1 atom stereocenters. The van der Waals surface area contributed by atoms with E-state index in [1.54, 1.807) is 12.4 Å². The van der Waals surface area contributed by atoms with Gasteiger partial charge in [0.15, 0.2) is 5.65 Å². The maximum Gasteiger partial charge on any atom is 0.253 e. The summed E-state index contributed by atoms with van der Waals surface area (Å²) >= 11 is 0. The van der Waals surface area contributed by atoms with Gasteiger partial charge in [-0.15, -0.1) is 0 Å². The van der Waals surface area contributed by atoms with Crippen molar-refractivity contribution in [1.29, 1.82) is 0 Å². The highest BCUT2D eigenvalue weighted by molar-refractivity contribution is 5.96. The summed E-state index contributed by atoms with van der Waals surface area (Å²) in [5.74, 6) is 0.292. The second-order valence-corrected chi connectivity index (χ2v) is 6.43. The number of benzene rings is 1. The molecule has 1 aromatic carbocycles. The van der Waals surface area contributed by atoms with Crippen LogP contribution in [0.25, 0.3) is 11.0 Å². The van der Waals surface area contributed by atoms with Crippen LogP contribution in [-0.4, -0.2) is 26.7 Å². The molecule has 1 unspecified atom stereocenters. The molecule has 0 aliphatic heterocycles. The first-order valence-corrected chi connectivity index (χ1v) is 8.21. The lowest BCUT2D eigenvalue weighted by atomic mass is 10.1. The van der Waals surface area contributed by atoms with E-state index in [-0.39, 0.29) is 11.9 Å². The van der Waals surface area contributed by atoms with Gasteiger partial charge in [-0.25, -0.2) is 9.67 Å². The maximum atomic E-state index is 12.3. The van der Waals surface area contributed by atoms with E-state index >= 15 is 0 Å². The van der Waals surface area contributed by atoms with Crippen molar-refractivity contribution in [3.63, 3.8) is 0 Å². The standard InChI is InChI=1S/C19H22N4O/c1-13(2)14(3)22-19(24)17-9-16-11-21-23(18(16)20-10-17)12-15-7-5-4-6-8-15/h4-11,13-14H,12H2,1-3H3,(H,22,24). The van der Waals surface area contributed by atoms with Crippen molar-refractivity contribution in [3.8, 4) is 0 Å². The zero-order valence-corrected chi connectivity index (χ0v) is 14.2. The number of rotatable bonds is 5. The Hall–Kier alpha value is -2.69. The number of hydrogen-bond acceptors (Lipinski definition) is 3. The summed E-state index contributed by atoms with van der Waals surface area (Å²) in [7, 11) is 0. The molecular weight excluding hydrogens is 300 g/mol. The Morgan fingerprint density at radius 2 is 1.92 bits per heavy atom. The third kappa shape index (κ3) is 3.45. The molecular formula is C19H22N4O. The Labute approximate surface area is 141 Å². The zero-order chi connectivity index (χ0) is 17.1. The van der Waals surface area contributed by atoms with E-state index in [4.69, 9.17) is 0 Å². The number of nitrogens with one attached hydrogen (secondary N) is 1. The molecule has 124 valence electrons. The summed E-state index contributed by atoms with van der Waals surface area (Å²) in [5.41, 5.74) is 2.51. The van der Waals surface area contributed by atoms with E-state index in [1.165, 1.54) is 0 Å². The first-order chi connectivity index (χ1) is 11.5. The van der Waals surface area contributed by atoms with Gasteiger partial charge in [0.2, 0.25) is 0 Å². The smallest absolute Gasteiger partial charge is 0.253 e. The molecule has 0 saturated carbocycles. The van der Waals surface area contributed by atoms with Crippen LogP contribution < -0.4 is 5.32 Å². The van der Waals surface area contributed by atoms with Crippen molar-refractivity contribution in [2.75, 3.05) is 0 Å². The normalized spacial score (nSPS) is 12.5. The molecule has 24 heavy (non-hydrogen) atoms. The van der Waals surface area contributed by atoms with E-state index in [9.17, 15) is 4.79 Å². The van der Waals surface area contributed by atoms with Gasteiger partial charge in [0.05, 0.1) is 18.3 Å². The summed E-state index contributed by atoms with van der Waals surface area (Å²) in [4.78, 5) is 16.8. The molecule has 0 spiro atoms. The molecule has 0 bridgehead atoms. The number of amides is 1. The third-order valence-electron chi connectivity index (χ3n) is 4.27. The van der Waals surface area contributed by atoms with E-state index in [0.29, 0.717) is 18.0 Å². The molecule has 5 heteroatoms. The fourth-order valence-electron chi connectivity index (χ4n) is 2.42. The van der Waals surface area contributed by atoms with Gasteiger partial charge >= 0.3 is 0 Å². The van der Waals surface area contributed by atoms with Crippen LogP contribution in [0.2, 0.25) is 0 Å². The topological polar surface area (TPSA) is 59.8 Å². The second kappa shape index (κ2) is 6.83. The summed E-state index contributed by atoms with van der Waals surface area (Å²) in [6.07, 6.45) is 3.38. The minimum atomic E-state index is -0.0959. The van der Waals surface area contributed by atoms with Gasteiger partial charge in [-0.2, -0.15) is 5.10 Å². The molecule has 0 fully saturated rings. The second-order valence-electron chi connectivity index (χ2n) is 6.43. The van der Waals surface area contributed by atoms with Gasteiger partial charge in [-0.1, -0.05) is 44.2 Å². The number of carbonyl (C=O) groups excluding carboxylic acids is 1. The highest BCUT2D eigenvalue weighted by Crippen LogP contribution is 2.15. The number of carbonyl (C=O) groups is 1. The van der Waals surface area contributed by atoms with Crippen molar-refractivity contribution in [2.24, 2.45) is 5.92 Å². The average molecular weight is 322 g/mol. The van der Waals surface area contributed by atoms with Crippen LogP contribution >= 0.6 is 0 Å². The highest BCUT2D eigenvalue weighted by Gasteiger charge is 2.14. The number of aromatic nitrogens is 3. The summed E-state index contributed by atoms with van der Waals surface area (Å²) in [5, 5.41) is 8.27. The Morgan fingerprint density at radius 1 is 1.17 bits per heavy atom. The predicted molar refractivity (Wildman–Crippen MR) is 94.8 cm³/mol. The van der Waals surface area contributed by atoms with Crippen LogP contribution in [0.5, 0.6) is 0 Å². The Bertz CT molecular complexity index is 839. The molecule has 3 rings (SSSR count). The minimum absolute atomic E-state index is 0.0959. The SMILES string of the molecule is CC(C)C(C)NC(=O)c1cnc2c(cnn2Cc2ccccc2)c1. The van der Waals surface area contributed by atoms with Crippen molar-refractivity contribution >= 4 is 16.9 Å². The van der Waals surface area contributed by atoms with Crippen LogP contribution in [0.1, 0.15) is 36.7 Å². The first kappa shape index (κ1) is 16.2. The van der Waals surface area contributed by atoms with Crippen LogP contribution in [0.3, 0.4) is 0 Å². The van der Waals surface area contributed by atoms with E-state index in [1.807, 2.05) is 35.9 Å². The maximum absolute atomic E-state index is 12.3. The predicted octanol–water partition coefficient (Wildman–Crippen LogP) is 3.25. The number of nitrogens with zero attached hydrogens (tertiary/aromatic N) is 3. The minimum Gasteiger partial charge on any atom is -0.349 e. The first-order valence-electron chi connectivity index (χ1n) is 8.21. The Kier molecular flexibility index (Phi) is 4.60. The van der Waals surface area contributed by atoms with Gasteiger partial charge in [-0.3, -0.25) is 4.79 Å². The fourth-order valence-corrected chi connectivity index (χ4v) is 2.42. The van der Waals surface area contributed by atoms with Gasteiger partial charge in [-0.05, 0) is 24.5 Å². The molecule has 1 N–H and O–H groups in total. The largest absolute Gasteiger partial charge is 0.349 e. The lowest BCUT2D eigenvalue weighted by molar-refractivity contribution is 0.0930. The molecule has 0 saturated heterocycles. The van der Waals surface area contributed by atoms with Crippen molar-refractivity contribution < 1.29 is 4.79 Å². The monoisotopic (exact) mass is 322 g/mol. The highest BCUT2D eigenvalue weighted by atomic mass is 16.1. The van der Waals surface area contributed by atoms with Crippen molar-refractivity contribution in [1.82, 2.24) is 20.1 Å². The van der Waals surface area contributed by atoms with Crippen LogP contribution in [0, 0.1) is 5.92 Å². The molecule has 5 nitrogen and oxygen atoms in total. The van der Waals surface area contributed by atoms with Gasteiger partial charge < -0.3 is 5.32 Å². The number of pyridine rings is 1. The average Bonchev–Trinajstić information content (AvgIpc) is 2.98. The molecule has 3 aromatic rings. The number of fused-ring (bicyclic) bond motifs is 1. The van der Waals surface area contributed by atoms with Gasteiger partial charge in [0, 0.05) is 17.6 Å². The summed E-state index contributed by atoms with van der Waals surface area (Å²) < 4.78 is 1.85. The molecule has 0 aliphatic rings. The Morgan fingerprint density at radius 3 is 2.62 bits per heavy atom. The van der Waals surface area contributed by atoms with E-state index in [2.05, 4.69) is 41.4 Å². The summed E-state index contributed by atoms with van der Waals surface area (Å²) in [6.45, 7) is 6.83. The van der Waals surface area contributed by atoms with E-state index < -0.39 is 0 Å². The number of hydrogen-bond donors (Lipinski definition) is 1. The molecule has 0 radical (unpaired) electrons. The van der Waals surface area contributed by atoms with Gasteiger partial charge in [0.1, 0.15) is 0 Å².